The van der Waals surface area contributed by atoms with Crippen LogP contribution < -0.4 is 9.62 Å². The molecule has 3 aromatic carbocycles. The number of rotatable bonds is 7. The molecule has 0 fully saturated rings. The summed E-state index contributed by atoms with van der Waals surface area (Å²) >= 11 is 11.9. The monoisotopic (exact) mass is 466 g/mol. The van der Waals surface area contributed by atoms with E-state index >= 15 is 0 Å². The van der Waals surface area contributed by atoms with Crippen LogP contribution in [0.2, 0.25) is 10.0 Å². The number of hydrogen-bond acceptors (Lipinski definition) is 3. The van der Waals surface area contributed by atoms with E-state index in [0.717, 1.165) is 10.4 Å². The molecule has 9 heteroatoms. The molecule has 0 aliphatic rings. The fourth-order valence-electron chi connectivity index (χ4n) is 2.70. The van der Waals surface area contributed by atoms with Crippen LogP contribution >= 0.6 is 23.2 Å². The summed E-state index contributed by atoms with van der Waals surface area (Å²) in [6.45, 7) is -0.397. The summed E-state index contributed by atoms with van der Waals surface area (Å²) in [7, 11) is -4.10. The summed E-state index contributed by atoms with van der Waals surface area (Å²) in [5, 5.41) is 2.88. The molecule has 30 heavy (non-hydrogen) atoms. The number of sulfonamides is 1. The highest BCUT2D eigenvalue weighted by molar-refractivity contribution is 7.92. The SMILES string of the molecule is O=C(CN(c1ccc(F)c(Cl)c1)S(=O)(=O)c1ccccc1)NCc1ccccc1Cl. The van der Waals surface area contributed by atoms with Gasteiger partial charge in [-0.25, -0.2) is 12.8 Å². The topological polar surface area (TPSA) is 66.5 Å². The van der Waals surface area contributed by atoms with Gasteiger partial charge < -0.3 is 5.32 Å². The molecule has 0 aromatic heterocycles. The highest BCUT2D eigenvalue weighted by Gasteiger charge is 2.27. The van der Waals surface area contributed by atoms with Gasteiger partial charge in [-0.15, -0.1) is 0 Å². The summed E-state index contributed by atoms with van der Waals surface area (Å²) in [6.07, 6.45) is 0. The van der Waals surface area contributed by atoms with Crippen LogP contribution in [0.5, 0.6) is 0 Å². The molecule has 0 heterocycles. The third kappa shape index (κ3) is 5.11. The summed E-state index contributed by atoms with van der Waals surface area (Å²) < 4.78 is 40.8. The summed E-state index contributed by atoms with van der Waals surface area (Å²) in [5.41, 5.74) is 0.757. The highest BCUT2D eigenvalue weighted by Crippen LogP contribution is 2.27. The molecule has 3 aromatic rings. The second kappa shape index (κ2) is 9.47. The van der Waals surface area contributed by atoms with Crippen LogP contribution in [0.1, 0.15) is 5.56 Å². The molecule has 0 radical (unpaired) electrons. The van der Waals surface area contributed by atoms with Gasteiger partial charge in [-0.1, -0.05) is 59.6 Å². The average Bonchev–Trinajstić information content (AvgIpc) is 2.74. The predicted octanol–water partition coefficient (Wildman–Crippen LogP) is 4.64. The predicted molar refractivity (Wildman–Crippen MR) is 116 cm³/mol. The molecule has 0 saturated heterocycles. The van der Waals surface area contributed by atoms with Crippen LogP contribution in [0.25, 0.3) is 0 Å². The maximum atomic E-state index is 13.6. The number of amides is 1. The molecule has 156 valence electrons. The Bertz CT molecular complexity index is 1160. The lowest BCUT2D eigenvalue weighted by Gasteiger charge is -2.24. The summed E-state index contributed by atoms with van der Waals surface area (Å²) in [5.74, 6) is -1.25. The van der Waals surface area contributed by atoms with Crippen LogP contribution in [0.3, 0.4) is 0 Å². The molecule has 0 aliphatic heterocycles. The van der Waals surface area contributed by atoms with Crippen molar-refractivity contribution >= 4 is 44.8 Å². The molecule has 0 unspecified atom stereocenters. The van der Waals surface area contributed by atoms with Crippen molar-refractivity contribution in [2.45, 2.75) is 11.4 Å². The number of anilines is 1. The molecule has 0 aliphatic carbocycles. The van der Waals surface area contributed by atoms with Gasteiger partial charge in [-0.2, -0.15) is 0 Å². The van der Waals surface area contributed by atoms with Crippen molar-refractivity contribution in [2.75, 3.05) is 10.8 Å². The highest BCUT2D eigenvalue weighted by atomic mass is 35.5. The third-order valence-electron chi connectivity index (χ3n) is 4.24. The van der Waals surface area contributed by atoms with Gasteiger partial charge in [0.2, 0.25) is 5.91 Å². The van der Waals surface area contributed by atoms with Gasteiger partial charge in [0.25, 0.3) is 10.0 Å². The molecule has 0 saturated carbocycles. The minimum absolute atomic E-state index is 0.00986. The van der Waals surface area contributed by atoms with Gasteiger partial charge in [-0.3, -0.25) is 9.10 Å². The van der Waals surface area contributed by atoms with E-state index < -0.39 is 28.3 Å². The lowest BCUT2D eigenvalue weighted by Crippen LogP contribution is -2.40. The van der Waals surface area contributed by atoms with Crippen LogP contribution in [-0.2, 0) is 21.4 Å². The van der Waals surface area contributed by atoms with E-state index in [2.05, 4.69) is 5.32 Å². The Morgan fingerprint density at radius 2 is 1.60 bits per heavy atom. The lowest BCUT2D eigenvalue weighted by atomic mass is 10.2. The minimum Gasteiger partial charge on any atom is -0.350 e. The maximum absolute atomic E-state index is 13.6. The lowest BCUT2D eigenvalue weighted by molar-refractivity contribution is -0.119. The third-order valence-corrected chi connectivity index (χ3v) is 6.69. The first kappa shape index (κ1) is 22.1. The van der Waals surface area contributed by atoms with E-state index in [4.69, 9.17) is 23.2 Å². The number of hydrogen-bond donors (Lipinski definition) is 1. The van der Waals surface area contributed by atoms with E-state index in [0.29, 0.717) is 10.6 Å². The average molecular weight is 467 g/mol. The van der Waals surface area contributed by atoms with E-state index in [9.17, 15) is 17.6 Å². The van der Waals surface area contributed by atoms with Gasteiger partial charge in [-0.05, 0) is 42.0 Å². The number of carbonyl (C=O) groups excluding carboxylic acids is 1. The van der Waals surface area contributed by atoms with Crippen LogP contribution in [-0.4, -0.2) is 20.9 Å². The van der Waals surface area contributed by atoms with E-state index in [1.807, 2.05) is 0 Å². The molecule has 1 N–H and O–H groups in total. The van der Waals surface area contributed by atoms with Crippen LogP contribution in [0.4, 0.5) is 10.1 Å². The van der Waals surface area contributed by atoms with Crippen molar-refractivity contribution in [2.24, 2.45) is 0 Å². The van der Waals surface area contributed by atoms with E-state index in [1.54, 1.807) is 42.5 Å². The number of benzene rings is 3. The van der Waals surface area contributed by atoms with Crippen LogP contribution in [0.15, 0.2) is 77.7 Å². The standard InChI is InChI=1S/C21H17Cl2FN2O3S/c22-18-9-5-4-6-15(18)13-25-21(27)14-26(16-10-11-20(24)19(23)12-16)30(28,29)17-7-2-1-3-8-17/h1-12H,13-14H2,(H,25,27). The molecule has 0 bridgehead atoms. The van der Waals surface area contributed by atoms with Crippen molar-refractivity contribution in [3.63, 3.8) is 0 Å². The number of carbonyl (C=O) groups is 1. The van der Waals surface area contributed by atoms with Gasteiger partial charge in [0.05, 0.1) is 15.6 Å². The van der Waals surface area contributed by atoms with Gasteiger partial charge in [0.1, 0.15) is 12.4 Å². The van der Waals surface area contributed by atoms with Crippen molar-refractivity contribution in [3.05, 3.63) is 94.2 Å². The summed E-state index contributed by atoms with van der Waals surface area (Å²) in [6, 6.07) is 18.1. The minimum atomic E-state index is -4.10. The Balaban J connectivity index is 1.88. The molecule has 5 nitrogen and oxygen atoms in total. The van der Waals surface area contributed by atoms with Gasteiger partial charge in [0, 0.05) is 11.6 Å². The normalized spacial score (nSPS) is 11.2. The Morgan fingerprint density at radius 3 is 2.27 bits per heavy atom. The van der Waals surface area contributed by atoms with E-state index in [-0.39, 0.29) is 22.2 Å². The zero-order valence-corrected chi connectivity index (χ0v) is 17.9. The Hall–Kier alpha value is -2.61. The van der Waals surface area contributed by atoms with Crippen molar-refractivity contribution in [1.82, 2.24) is 5.32 Å². The largest absolute Gasteiger partial charge is 0.350 e. The quantitative estimate of drug-likeness (QED) is 0.551. The molecular weight excluding hydrogens is 450 g/mol. The number of halogens is 3. The maximum Gasteiger partial charge on any atom is 0.264 e. The number of nitrogens with zero attached hydrogens (tertiary/aromatic N) is 1. The first-order valence-electron chi connectivity index (χ1n) is 8.82. The van der Waals surface area contributed by atoms with Crippen molar-refractivity contribution in [1.29, 1.82) is 0 Å². The Labute approximate surface area is 184 Å². The molecule has 3 rings (SSSR count). The fraction of sp³-hybridized carbons (Fsp3) is 0.0952. The first-order chi connectivity index (χ1) is 14.3. The second-order valence-electron chi connectivity index (χ2n) is 6.29. The Kier molecular flexibility index (Phi) is 6.97. The van der Waals surface area contributed by atoms with Gasteiger partial charge >= 0.3 is 0 Å². The zero-order chi connectivity index (χ0) is 21.7. The number of nitrogens with one attached hydrogen (secondary N) is 1. The molecule has 0 atom stereocenters. The zero-order valence-electron chi connectivity index (χ0n) is 15.6. The van der Waals surface area contributed by atoms with E-state index in [1.165, 1.54) is 24.3 Å². The smallest absolute Gasteiger partial charge is 0.264 e. The molecule has 0 spiro atoms. The molecular formula is C21H17Cl2FN2O3S. The molecule has 1 amide bonds. The van der Waals surface area contributed by atoms with Crippen molar-refractivity contribution < 1.29 is 17.6 Å². The fourth-order valence-corrected chi connectivity index (χ4v) is 4.51. The van der Waals surface area contributed by atoms with Crippen molar-refractivity contribution in [3.8, 4) is 0 Å². The Morgan fingerprint density at radius 1 is 0.933 bits per heavy atom. The van der Waals surface area contributed by atoms with Gasteiger partial charge in [0.15, 0.2) is 0 Å². The van der Waals surface area contributed by atoms with Crippen LogP contribution in [0, 0.1) is 5.82 Å². The summed E-state index contributed by atoms with van der Waals surface area (Å²) in [4.78, 5) is 12.6. The first-order valence-corrected chi connectivity index (χ1v) is 11.0. The second-order valence-corrected chi connectivity index (χ2v) is 8.97.